The highest BCUT2D eigenvalue weighted by Crippen LogP contribution is 2.44. The lowest BCUT2D eigenvalue weighted by Crippen LogP contribution is -2.09. The molecule has 0 heterocycles. The molecule has 0 spiro atoms. The van der Waals surface area contributed by atoms with Gasteiger partial charge in [-0.05, 0) is 46.0 Å². The molecular formula is C24H22N4. The van der Waals surface area contributed by atoms with E-state index < -0.39 is 0 Å². The number of hydrazine groups is 2. The van der Waals surface area contributed by atoms with Crippen LogP contribution in [0.15, 0.2) is 97.1 Å². The predicted octanol–water partition coefficient (Wildman–Crippen LogP) is 5.26. The maximum atomic E-state index is 5.89. The Labute approximate surface area is 164 Å². The molecule has 0 atom stereocenters. The lowest BCUT2D eigenvalue weighted by Gasteiger charge is -2.20. The van der Waals surface area contributed by atoms with Crippen LogP contribution in [0, 0.1) is 0 Å². The summed E-state index contributed by atoms with van der Waals surface area (Å²) in [6.45, 7) is 0. The van der Waals surface area contributed by atoms with Crippen LogP contribution in [0.5, 0.6) is 0 Å². The third kappa shape index (κ3) is 3.34. The summed E-state index contributed by atoms with van der Waals surface area (Å²) in [5.74, 6) is 11.4. The molecule has 28 heavy (non-hydrogen) atoms. The Balaban J connectivity index is 2.04. The molecule has 6 N–H and O–H groups in total. The number of benzene rings is 4. The van der Waals surface area contributed by atoms with Gasteiger partial charge in [0.2, 0.25) is 0 Å². The first-order valence-corrected chi connectivity index (χ1v) is 9.13. The molecule has 0 radical (unpaired) electrons. The van der Waals surface area contributed by atoms with Crippen molar-refractivity contribution in [1.29, 1.82) is 0 Å². The van der Waals surface area contributed by atoms with Crippen molar-refractivity contribution in [1.82, 2.24) is 0 Å². The van der Waals surface area contributed by atoms with E-state index in [0.717, 1.165) is 44.8 Å². The lowest BCUT2D eigenvalue weighted by atomic mass is 9.86. The molecule has 4 nitrogen and oxygen atoms in total. The van der Waals surface area contributed by atoms with Crippen molar-refractivity contribution in [3.8, 4) is 33.4 Å². The standard InChI is InChI=1S/C24H22N4/c25-27-20-13-11-17(12-14-20)21-15-16-22(28-26)24(19-9-5-2-6-10-19)23(21)18-7-3-1-4-8-18/h1-16,27-28H,25-26H2. The van der Waals surface area contributed by atoms with Gasteiger partial charge in [-0.3, -0.25) is 11.7 Å². The van der Waals surface area contributed by atoms with E-state index in [-0.39, 0.29) is 0 Å². The summed E-state index contributed by atoms with van der Waals surface area (Å²) in [4.78, 5) is 0. The SMILES string of the molecule is NNc1ccc(-c2ccc(NN)c(-c3ccccc3)c2-c2ccccc2)cc1. The Morgan fingerprint density at radius 3 is 1.57 bits per heavy atom. The number of anilines is 2. The van der Waals surface area contributed by atoms with Gasteiger partial charge in [0.1, 0.15) is 0 Å². The highest BCUT2D eigenvalue weighted by atomic mass is 15.2. The monoisotopic (exact) mass is 366 g/mol. The van der Waals surface area contributed by atoms with E-state index in [0.29, 0.717) is 0 Å². The van der Waals surface area contributed by atoms with Crippen molar-refractivity contribution in [3.63, 3.8) is 0 Å². The summed E-state index contributed by atoms with van der Waals surface area (Å²) >= 11 is 0. The van der Waals surface area contributed by atoms with Gasteiger partial charge >= 0.3 is 0 Å². The second kappa shape index (κ2) is 7.96. The molecule has 138 valence electrons. The Hall–Kier alpha value is -3.60. The van der Waals surface area contributed by atoms with Crippen LogP contribution in [0.1, 0.15) is 0 Å². The van der Waals surface area contributed by atoms with Crippen LogP contribution in [0.2, 0.25) is 0 Å². The number of rotatable bonds is 5. The van der Waals surface area contributed by atoms with Crippen LogP contribution in [-0.2, 0) is 0 Å². The largest absolute Gasteiger partial charge is 0.324 e. The van der Waals surface area contributed by atoms with Crippen LogP contribution in [0.4, 0.5) is 11.4 Å². The smallest absolute Gasteiger partial charge is 0.0570 e. The molecule has 0 aliphatic heterocycles. The molecule has 0 fully saturated rings. The summed E-state index contributed by atoms with van der Waals surface area (Å²) in [7, 11) is 0. The van der Waals surface area contributed by atoms with Crippen molar-refractivity contribution >= 4 is 11.4 Å². The van der Waals surface area contributed by atoms with Gasteiger partial charge in [-0.1, -0.05) is 78.9 Å². The van der Waals surface area contributed by atoms with Crippen LogP contribution in [-0.4, -0.2) is 0 Å². The van der Waals surface area contributed by atoms with Crippen molar-refractivity contribution in [3.05, 3.63) is 97.1 Å². The van der Waals surface area contributed by atoms with Gasteiger partial charge in [0.25, 0.3) is 0 Å². The Morgan fingerprint density at radius 2 is 1.04 bits per heavy atom. The van der Waals surface area contributed by atoms with Gasteiger partial charge in [-0.25, -0.2) is 0 Å². The first-order chi connectivity index (χ1) is 13.8. The van der Waals surface area contributed by atoms with Crippen LogP contribution >= 0.6 is 0 Å². The first-order valence-electron chi connectivity index (χ1n) is 9.13. The fourth-order valence-electron chi connectivity index (χ4n) is 3.52. The molecule has 4 aromatic carbocycles. The summed E-state index contributed by atoms with van der Waals surface area (Å²) < 4.78 is 0. The number of nitrogen functional groups attached to an aromatic ring is 2. The van der Waals surface area contributed by atoms with Gasteiger partial charge < -0.3 is 10.9 Å². The first kappa shape index (κ1) is 17.8. The Bertz CT molecular complexity index is 1060. The number of nitrogens with two attached hydrogens (primary N) is 2. The molecule has 4 aromatic rings. The predicted molar refractivity (Wildman–Crippen MR) is 118 cm³/mol. The molecule has 0 aromatic heterocycles. The van der Waals surface area contributed by atoms with E-state index in [1.54, 1.807) is 0 Å². The van der Waals surface area contributed by atoms with Gasteiger partial charge in [0, 0.05) is 11.3 Å². The molecule has 0 aliphatic rings. The zero-order chi connectivity index (χ0) is 19.3. The van der Waals surface area contributed by atoms with E-state index in [9.17, 15) is 0 Å². The van der Waals surface area contributed by atoms with Crippen LogP contribution in [0.25, 0.3) is 33.4 Å². The average Bonchev–Trinajstić information content (AvgIpc) is 2.79. The lowest BCUT2D eigenvalue weighted by molar-refractivity contribution is 1.35. The molecule has 4 rings (SSSR count). The third-order valence-electron chi connectivity index (χ3n) is 4.85. The van der Waals surface area contributed by atoms with Gasteiger partial charge in [0.15, 0.2) is 0 Å². The van der Waals surface area contributed by atoms with E-state index in [4.69, 9.17) is 11.7 Å². The Morgan fingerprint density at radius 1 is 0.464 bits per heavy atom. The number of hydrogen-bond acceptors (Lipinski definition) is 4. The molecule has 0 unspecified atom stereocenters. The second-order valence-electron chi connectivity index (χ2n) is 6.51. The maximum absolute atomic E-state index is 5.89. The molecule has 0 bridgehead atoms. The summed E-state index contributed by atoms with van der Waals surface area (Å²) in [5.41, 5.74) is 14.0. The second-order valence-corrected chi connectivity index (χ2v) is 6.51. The molecule has 0 saturated carbocycles. The summed E-state index contributed by atoms with van der Waals surface area (Å²) in [5, 5.41) is 0. The minimum absolute atomic E-state index is 0.869. The quantitative estimate of drug-likeness (QED) is 0.287. The fourth-order valence-corrected chi connectivity index (χ4v) is 3.52. The van der Waals surface area contributed by atoms with Crippen molar-refractivity contribution in [2.75, 3.05) is 10.9 Å². The molecule has 0 amide bonds. The number of hydrogen-bond donors (Lipinski definition) is 4. The molecule has 4 heteroatoms. The minimum Gasteiger partial charge on any atom is -0.324 e. The molecule has 0 saturated heterocycles. The highest BCUT2D eigenvalue weighted by molar-refractivity contribution is 6.00. The average molecular weight is 366 g/mol. The van der Waals surface area contributed by atoms with Gasteiger partial charge in [0.05, 0.1) is 5.69 Å². The number of nitrogens with one attached hydrogen (secondary N) is 2. The van der Waals surface area contributed by atoms with Gasteiger partial charge in [-0.2, -0.15) is 0 Å². The van der Waals surface area contributed by atoms with E-state index in [1.165, 1.54) is 0 Å². The highest BCUT2D eigenvalue weighted by Gasteiger charge is 2.17. The topological polar surface area (TPSA) is 76.1 Å². The summed E-state index contributed by atoms with van der Waals surface area (Å²) in [6.07, 6.45) is 0. The normalized spacial score (nSPS) is 10.5. The summed E-state index contributed by atoms with van der Waals surface area (Å²) in [6, 6.07) is 32.9. The van der Waals surface area contributed by atoms with E-state index in [1.807, 2.05) is 42.5 Å². The van der Waals surface area contributed by atoms with E-state index >= 15 is 0 Å². The maximum Gasteiger partial charge on any atom is 0.0570 e. The van der Waals surface area contributed by atoms with Gasteiger partial charge in [-0.15, -0.1) is 0 Å². The van der Waals surface area contributed by atoms with Crippen molar-refractivity contribution in [2.24, 2.45) is 11.7 Å². The fraction of sp³-hybridized carbons (Fsp3) is 0. The third-order valence-corrected chi connectivity index (χ3v) is 4.85. The minimum atomic E-state index is 0.869. The molecule has 0 aliphatic carbocycles. The van der Waals surface area contributed by atoms with Crippen LogP contribution in [0.3, 0.4) is 0 Å². The zero-order valence-electron chi connectivity index (χ0n) is 15.4. The van der Waals surface area contributed by atoms with Crippen molar-refractivity contribution in [2.45, 2.75) is 0 Å². The van der Waals surface area contributed by atoms with Crippen LogP contribution < -0.4 is 22.5 Å². The zero-order valence-corrected chi connectivity index (χ0v) is 15.4. The van der Waals surface area contributed by atoms with E-state index in [2.05, 4.69) is 65.4 Å². The molecular weight excluding hydrogens is 344 g/mol. The Kier molecular flexibility index (Phi) is 5.06. The van der Waals surface area contributed by atoms with Crippen molar-refractivity contribution < 1.29 is 0 Å².